The molecule has 0 bridgehead atoms. The molecule has 128 valence electrons. The highest BCUT2D eigenvalue weighted by Gasteiger charge is 2.31. The van der Waals surface area contributed by atoms with E-state index < -0.39 is 0 Å². The van der Waals surface area contributed by atoms with Gasteiger partial charge in [-0.2, -0.15) is 0 Å². The number of fused-ring (bicyclic) bond motifs is 1. The lowest BCUT2D eigenvalue weighted by Crippen LogP contribution is -2.30. The van der Waals surface area contributed by atoms with Crippen LogP contribution in [0.2, 0.25) is 0 Å². The van der Waals surface area contributed by atoms with Crippen molar-refractivity contribution in [2.24, 2.45) is 0 Å². The number of carbonyl (C=O) groups is 1. The smallest absolute Gasteiger partial charge is 0.291 e. The molecule has 0 aliphatic carbocycles. The second kappa shape index (κ2) is 6.01. The van der Waals surface area contributed by atoms with Crippen molar-refractivity contribution in [3.05, 3.63) is 29.9 Å². The third kappa shape index (κ3) is 2.71. The SMILES string of the molecule is CC1CC(NC(=O)c2n[nH]c(C3CCN(C)CC3)n2)c2nccn21. The fourth-order valence-electron chi connectivity index (χ4n) is 3.71. The van der Waals surface area contributed by atoms with E-state index >= 15 is 0 Å². The summed E-state index contributed by atoms with van der Waals surface area (Å²) in [6.07, 6.45) is 6.67. The van der Waals surface area contributed by atoms with Crippen LogP contribution in [0.1, 0.15) is 66.5 Å². The number of hydrogen-bond donors (Lipinski definition) is 2. The van der Waals surface area contributed by atoms with Gasteiger partial charge in [-0.25, -0.2) is 9.97 Å². The van der Waals surface area contributed by atoms with E-state index in [1.807, 2.05) is 6.20 Å². The number of imidazole rings is 1. The number of carbonyl (C=O) groups excluding carboxylic acids is 1. The average Bonchev–Trinajstić information content (AvgIpc) is 3.28. The Morgan fingerprint density at radius 2 is 2.17 bits per heavy atom. The monoisotopic (exact) mass is 329 g/mol. The second-order valence-electron chi connectivity index (χ2n) is 6.93. The van der Waals surface area contributed by atoms with E-state index in [0.717, 1.165) is 44.0 Å². The zero-order valence-electron chi connectivity index (χ0n) is 14.1. The number of rotatable bonds is 3. The summed E-state index contributed by atoms with van der Waals surface area (Å²) in [7, 11) is 2.13. The van der Waals surface area contributed by atoms with Crippen LogP contribution < -0.4 is 5.32 Å². The largest absolute Gasteiger partial charge is 0.339 e. The highest BCUT2D eigenvalue weighted by molar-refractivity contribution is 5.90. The molecule has 0 radical (unpaired) electrons. The topological polar surface area (TPSA) is 91.7 Å². The van der Waals surface area contributed by atoms with Gasteiger partial charge in [0.05, 0.1) is 6.04 Å². The summed E-state index contributed by atoms with van der Waals surface area (Å²) >= 11 is 0. The van der Waals surface area contributed by atoms with Gasteiger partial charge in [0, 0.05) is 24.4 Å². The Bertz CT molecular complexity index is 728. The zero-order chi connectivity index (χ0) is 16.7. The number of likely N-dealkylation sites (tertiary alicyclic amines) is 1. The minimum atomic E-state index is -0.237. The van der Waals surface area contributed by atoms with E-state index in [1.54, 1.807) is 6.20 Å². The van der Waals surface area contributed by atoms with Gasteiger partial charge in [-0.15, -0.1) is 5.10 Å². The first kappa shape index (κ1) is 15.3. The number of piperidine rings is 1. The molecule has 1 fully saturated rings. The van der Waals surface area contributed by atoms with Gasteiger partial charge >= 0.3 is 0 Å². The van der Waals surface area contributed by atoms with Crippen molar-refractivity contribution >= 4 is 5.91 Å². The Kier molecular flexibility index (Phi) is 3.84. The van der Waals surface area contributed by atoms with E-state index in [0.29, 0.717) is 12.0 Å². The summed E-state index contributed by atoms with van der Waals surface area (Å²) in [5.41, 5.74) is 0. The van der Waals surface area contributed by atoms with Crippen molar-refractivity contribution < 1.29 is 4.79 Å². The first-order valence-electron chi connectivity index (χ1n) is 8.56. The molecular formula is C16H23N7O. The number of amides is 1. The fraction of sp³-hybridized carbons (Fsp3) is 0.625. The molecule has 2 aromatic heterocycles. The first-order valence-corrected chi connectivity index (χ1v) is 8.56. The third-order valence-corrected chi connectivity index (χ3v) is 5.18. The minimum absolute atomic E-state index is 0.0761. The average molecular weight is 329 g/mol. The summed E-state index contributed by atoms with van der Waals surface area (Å²) < 4.78 is 2.10. The molecule has 2 unspecified atom stereocenters. The van der Waals surface area contributed by atoms with Crippen LogP contribution in [0.25, 0.3) is 0 Å². The standard InChI is InChI=1S/C16H23N7O/c1-10-9-12(15-17-5-8-23(10)15)18-16(24)14-19-13(20-21-14)11-3-6-22(2)7-4-11/h5,8,10-12H,3-4,6-7,9H2,1-2H3,(H,18,24)(H,19,20,21). The predicted molar refractivity (Wildman–Crippen MR) is 87.6 cm³/mol. The van der Waals surface area contributed by atoms with Crippen LogP contribution in [-0.2, 0) is 0 Å². The van der Waals surface area contributed by atoms with Gasteiger partial charge in [-0.3, -0.25) is 9.89 Å². The van der Waals surface area contributed by atoms with Crippen molar-refractivity contribution in [3.63, 3.8) is 0 Å². The van der Waals surface area contributed by atoms with Gasteiger partial charge in [0.1, 0.15) is 11.6 Å². The van der Waals surface area contributed by atoms with Gasteiger partial charge < -0.3 is 14.8 Å². The van der Waals surface area contributed by atoms with E-state index in [1.165, 1.54) is 0 Å². The van der Waals surface area contributed by atoms with Crippen LogP contribution in [0.4, 0.5) is 0 Å². The Morgan fingerprint density at radius 1 is 1.38 bits per heavy atom. The fourth-order valence-corrected chi connectivity index (χ4v) is 3.71. The molecule has 8 nitrogen and oxygen atoms in total. The van der Waals surface area contributed by atoms with E-state index in [2.05, 4.69) is 48.9 Å². The molecule has 4 rings (SSSR count). The van der Waals surface area contributed by atoms with Crippen molar-refractivity contribution in [2.75, 3.05) is 20.1 Å². The van der Waals surface area contributed by atoms with Crippen molar-refractivity contribution in [1.29, 1.82) is 0 Å². The van der Waals surface area contributed by atoms with E-state index in [9.17, 15) is 4.79 Å². The molecule has 1 amide bonds. The van der Waals surface area contributed by atoms with Crippen LogP contribution in [-0.4, -0.2) is 55.7 Å². The molecule has 8 heteroatoms. The number of nitrogens with zero attached hydrogens (tertiary/aromatic N) is 5. The first-order chi connectivity index (χ1) is 11.6. The summed E-state index contributed by atoms with van der Waals surface area (Å²) in [6, 6.07) is 0.266. The predicted octanol–water partition coefficient (Wildman–Crippen LogP) is 1.25. The molecule has 0 aromatic carbocycles. The van der Waals surface area contributed by atoms with Crippen LogP contribution >= 0.6 is 0 Å². The molecule has 2 aliphatic heterocycles. The molecule has 0 spiro atoms. The number of H-pyrrole nitrogens is 1. The number of nitrogens with one attached hydrogen (secondary N) is 2. The highest BCUT2D eigenvalue weighted by Crippen LogP contribution is 2.32. The lowest BCUT2D eigenvalue weighted by molar-refractivity contribution is 0.0925. The normalized spacial score (nSPS) is 24.9. The molecule has 2 N–H and O–H groups in total. The lowest BCUT2D eigenvalue weighted by Gasteiger charge is -2.27. The van der Waals surface area contributed by atoms with E-state index in [-0.39, 0.29) is 17.8 Å². The Hall–Kier alpha value is -2.22. The maximum absolute atomic E-state index is 12.5. The minimum Gasteiger partial charge on any atom is -0.339 e. The summed E-state index contributed by atoms with van der Waals surface area (Å²) in [4.78, 5) is 23.6. The van der Waals surface area contributed by atoms with Crippen LogP contribution in [0.15, 0.2) is 12.4 Å². The van der Waals surface area contributed by atoms with Crippen molar-refractivity contribution in [1.82, 2.24) is 34.9 Å². The molecule has 2 aliphatic rings. The van der Waals surface area contributed by atoms with E-state index in [4.69, 9.17) is 0 Å². The van der Waals surface area contributed by atoms with Crippen molar-refractivity contribution in [2.45, 2.75) is 44.2 Å². The molecule has 2 aromatic rings. The second-order valence-corrected chi connectivity index (χ2v) is 6.93. The molecule has 1 saturated heterocycles. The lowest BCUT2D eigenvalue weighted by atomic mass is 9.97. The third-order valence-electron chi connectivity index (χ3n) is 5.18. The Balaban J connectivity index is 1.43. The molecule has 2 atom stereocenters. The number of hydrogen-bond acceptors (Lipinski definition) is 5. The van der Waals surface area contributed by atoms with Gasteiger partial charge in [0.15, 0.2) is 0 Å². The van der Waals surface area contributed by atoms with Gasteiger partial charge in [-0.05, 0) is 46.3 Å². The van der Waals surface area contributed by atoms with Gasteiger partial charge in [0.25, 0.3) is 5.91 Å². The maximum Gasteiger partial charge on any atom is 0.291 e. The molecule has 24 heavy (non-hydrogen) atoms. The Morgan fingerprint density at radius 3 is 2.96 bits per heavy atom. The summed E-state index contributed by atoms with van der Waals surface area (Å²) in [6.45, 7) is 4.23. The van der Waals surface area contributed by atoms with Crippen LogP contribution in [0.3, 0.4) is 0 Å². The molecular weight excluding hydrogens is 306 g/mol. The molecule has 4 heterocycles. The van der Waals surface area contributed by atoms with Crippen LogP contribution in [0.5, 0.6) is 0 Å². The summed E-state index contributed by atoms with van der Waals surface area (Å²) in [5, 5.41) is 10.1. The van der Waals surface area contributed by atoms with Gasteiger partial charge in [0.2, 0.25) is 5.82 Å². The maximum atomic E-state index is 12.5. The van der Waals surface area contributed by atoms with Crippen LogP contribution in [0, 0.1) is 0 Å². The molecule has 0 saturated carbocycles. The van der Waals surface area contributed by atoms with Crippen molar-refractivity contribution in [3.8, 4) is 0 Å². The Labute approximate surface area is 140 Å². The van der Waals surface area contributed by atoms with Gasteiger partial charge in [-0.1, -0.05) is 0 Å². The highest BCUT2D eigenvalue weighted by atomic mass is 16.2. The number of aromatic amines is 1. The zero-order valence-corrected chi connectivity index (χ0v) is 14.1. The quantitative estimate of drug-likeness (QED) is 0.884. The summed E-state index contributed by atoms with van der Waals surface area (Å²) in [5.74, 6) is 2.08. The number of aromatic nitrogens is 5.